The van der Waals surface area contributed by atoms with E-state index in [1.165, 1.54) is 0 Å². The molecule has 1 aliphatic heterocycles. The van der Waals surface area contributed by atoms with Gasteiger partial charge in [-0.25, -0.2) is 0 Å². The van der Waals surface area contributed by atoms with Gasteiger partial charge in [-0.15, -0.1) is 0 Å². The van der Waals surface area contributed by atoms with Gasteiger partial charge >= 0.3 is 0 Å². The van der Waals surface area contributed by atoms with E-state index in [-0.39, 0.29) is 24.3 Å². The van der Waals surface area contributed by atoms with Gasteiger partial charge in [0.15, 0.2) is 11.5 Å². The van der Waals surface area contributed by atoms with Gasteiger partial charge in [-0.1, -0.05) is 29.8 Å². The minimum Gasteiger partial charge on any atom is -0.493 e. The average molecular weight is 417 g/mol. The SMILES string of the molecule is COc1ccc(CC(=O)NC2CCN(C(=O)c3ccccc3Cl)CC2)cc1OC. The third-order valence-electron chi connectivity index (χ3n) is 5.06. The van der Waals surface area contributed by atoms with E-state index in [0.717, 1.165) is 5.56 Å². The van der Waals surface area contributed by atoms with Crippen molar-refractivity contribution in [3.8, 4) is 11.5 Å². The van der Waals surface area contributed by atoms with Crippen LogP contribution in [0.4, 0.5) is 0 Å². The van der Waals surface area contributed by atoms with Crippen molar-refractivity contribution >= 4 is 23.4 Å². The summed E-state index contributed by atoms with van der Waals surface area (Å²) in [5.41, 5.74) is 1.37. The third kappa shape index (κ3) is 5.21. The molecule has 3 rings (SSSR count). The number of ether oxygens (including phenoxy) is 2. The number of carbonyl (C=O) groups excluding carboxylic acids is 2. The summed E-state index contributed by atoms with van der Waals surface area (Å²) >= 11 is 6.13. The third-order valence-corrected chi connectivity index (χ3v) is 5.39. The van der Waals surface area contributed by atoms with Gasteiger partial charge in [0, 0.05) is 19.1 Å². The van der Waals surface area contributed by atoms with Crippen LogP contribution in [0, 0.1) is 0 Å². The first-order valence-corrected chi connectivity index (χ1v) is 9.93. The molecule has 1 saturated heterocycles. The molecule has 0 aliphatic carbocycles. The summed E-state index contributed by atoms with van der Waals surface area (Å²) in [5, 5.41) is 3.53. The number of nitrogens with zero attached hydrogens (tertiary/aromatic N) is 1. The largest absolute Gasteiger partial charge is 0.493 e. The van der Waals surface area contributed by atoms with Crippen molar-refractivity contribution in [2.24, 2.45) is 0 Å². The second-order valence-electron chi connectivity index (χ2n) is 6.98. The zero-order valence-electron chi connectivity index (χ0n) is 16.6. The van der Waals surface area contributed by atoms with Gasteiger partial charge in [0.1, 0.15) is 0 Å². The highest BCUT2D eigenvalue weighted by atomic mass is 35.5. The Bertz CT molecular complexity index is 879. The topological polar surface area (TPSA) is 67.9 Å². The number of carbonyl (C=O) groups is 2. The van der Waals surface area contributed by atoms with E-state index in [4.69, 9.17) is 21.1 Å². The van der Waals surface area contributed by atoms with Crippen molar-refractivity contribution < 1.29 is 19.1 Å². The molecule has 0 atom stereocenters. The second kappa shape index (κ2) is 9.65. The van der Waals surface area contributed by atoms with Crippen LogP contribution in [-0.4, -0.2) is 50.1 Å². The monoisotopic (exact) mass is 416 g/mol. The molecule has 29 heavy (non-hydrogen) atoms. The van der Waals surface area contributed by atoms with Crippen molar-refractivity contribution in [1.82, 2.24) is 10.2 Å². The van der Waals surface area contributed by atoms with Gasteiger partial charge < -0.3 is 19.7 Å². The molecule has 1 fully saturated rings. The van der Waals surface area contributed by atoms with Crippen LogP contribution >= 0.6 is 11.6 Å². The molecule has 2 aromatic rings. The van der Waals surface area contributed by atoms with Crippen LogP contribution in [-0.2, 0) is 11.2 Å². The Morgan fingerprint density at radius 3 is 2.41 bits per heavy atom. The smallest absolute Gasteiger partial charge is 0.255 e. The van der Waals surface area contributed by atoms with Crippen molar-refractivity contribution in [2.45, 2.75) is 25.3 Å². The summed E-state index contributed by atoms with van der Waals surface area (Å²) in [7, 11) is 3.15. The summed E-state index contributed by atoms with van der Waals surface area (Å²) in [6, 6.07) is 12.6. The van der Waals surface area contributed by atoms with Crippen molar-refractivity contribution in [2.75, 3.05) is 27.3 Å². The number of benzene rings is 2. The quantitative estimate of drug-likeness (QED) is 0.784. The normalized spacial score (nSPS) is 14.4. The maximum Gasteiger partial charge on any atom is 0.255 e. The van der Waals surface area contributed by atoms with E-state index in [1.54, 1.807) is 49.5 Å². The highest BCUT2D eigenvalue weighted by Crippen LogP contribution is 2.27. The van der Waals surface area contributed by atoms with Crippen LogP contribution in [0.1, 0.15) is 28.8 Å². The van der Waals surface area contributed by atoms with E-state index in [9.17, 15) is 9.59 Å². The first kappa shape index (κ1) is 21.0. The number of piperidine rings is 1. The molecule has 1 heterocycles. The Labute approximate surface area is 175 Å². The molecule has 2 amide bonds. The fourth-order valence-electron chi connectivity index (χ4n) is 3.49. The number of methoxy groups -OCH3 is 2. The maximum absolute atomic E-state index is 12.6. The average Bonchev–Trinajstić information content (AvgIpc) is 2.74. The molecule has 0 bridgehead atoms. The first-order valence-electron chi connectivity index (χ1n) is 9.56. The summed E-state index contributed by atoms with van der Waals surface area (Å²) in [6.45, 7) is 1.18. The maximum atomic E-state index is 12.6. The molecule has 6 nitrogen and oxygen atoms in total. The molecule has 154 valence electrons. The van der Waals surface area contributed by atoms with Crippen LogP contribution in [0.3, 0.4) is 0 Å². The number of rotatable bonds is 6. The Morgan fingerprint density at radius 1 is 1.07 bits per heavy atom. The van der Waals surface area contributed by atoms with Gasteiger partial charge in [0.25, 0.3) is 5.91 Å². The summed E-state index contributed by atoms with van der Waals surface area (Å²) in [6.07, 6.45) is 1.70. The Hall–Kier alpha value is -2.73. The van der Waals surface area contributed by atoms with E-state index in [1.807, 2.05) is 12.1 Å². The molecular formula is C22H25ClN2O4. The lowest BCUT2D eigenvalue weighted by atomic mass is 10.0. The molecule has 0 spiro atoms. The van der Waals surface area contributed by atoms with Crippen LogP contribution in [0.15, 0.2) is 42.5 Å². The second-order valence-corrected chi connectivity index (χ2v) is 7.39. The van der Waals surface area contributed by atoms with E-state index in [0.29, 0.717) is 48.0 Å². The van der Waals surface area contributed by atoms with E-state index in [2.05, 4.69) is 5.32 Å². The first-order chi connectivity index (χ1) is 14.0. The number of amides is 2. The standard InChI is InChI=1S/C22H25ClN2O4/c1-28-19-8-7-15(13-20(19)29-2)14-21(26)24-16-9-11-25(12-10-16)22(27)17-5-3-4-6-18(17)23/h3-8,13,16H,9-12,14H2,1-2H3,(H,24,26). The van der Waals surface area contributed by atoms with Gasteiger partial charge in [-0.2, -0.15) is 0 Å². The lowest BCUT2D eigenvalue weighted by molar-refractivity contribution is -0.121. The van der Waals surface area contributed by atoms with Gasteiger partial charge in [-0.3, -0.25) is 9.59 Å². The number of hydrogen-bond acceptors (Lipinski definition) is 4. The molecule has 0 radical (unpaired) electrons. The Morgan fingerprint density at radius 2 is 1.76 bits per heavy atom. The van der Waals surface area contributed by atoms with Crippen LogP contribution in [0.2, 0.25) is 5.02 Å². The molecule has 0 unspecified atom stereocenters. The summed E-state index contributed by atoms with van der Waals surface area (Å²) in [5.74, 6) is 1.12. The minimum atomic E-state index is -0.0642. The zero-order chi connectivity index (χ0) is 20.8. The molecule has 7 heteroatoms. The highest BCUT2D eigenvalue weighted by molar-refractivity contribution is 6.33. The van der Waals surface area contributed by atoms with Crippen molar-refractivity contribution in [1.29, 1.82) is 0 Å². The molecule has 0 saturated carbocycles. The van der Waals surface area contributed by atoms with Gasteiger partial charge in [-0.05, 0) is 42.7 Å². The number of likely N-dealkylation sites (tertiary alicyclic amines) is 1. The molecular weight excluding hydrogens is 392 g/mol. The number of hydrogen-bond donors (Lipinski definition) is 1. The van der Waals surface area contributed by atoms with Crippen LogP contribution < -0.4 is 14.8 Å². The highest BCUT2D eigenvalue weighted by Gasteiger charge is 2.25. The van der Waals surface area contributed by atoms with E-state index >= 15 is 0 Å². The van der Waals surface area contributed by atoms with Crippen molar-refractivity contribution in [3.05, 3.63) is 58.6 Å². The van der Waals surface area contributed by atoms with Crippen LogP contribution in [0.5, 0.6) is 11.5 Å². The number of nitrogens with one attached hydrogen (secondary N) is 1. The summed E-state index contributed by atoms with van der Waals surface area (Å²) in [4.78, 5) is 26.9. The van der Waals surface area contributed by atoms with Gasteiger partial charge in [0.05, 0.1) is 31.2 Å². The lowest BCUT2D eigenvalue weighted by Crippen LogP contribution is -2.46. The zero-order valence-corrected chi connectivity index (χ0v) is 17.4. The predicted octanol–water partition coefficient (Wildman–Crippen LogP) is 3.32. The summed E-state index contributed by atoms with van der Waals surface area (Å²) < 4.78 is 10.5. The number of halogens is 1. The fraction of sp³-hybridized carbons (Fsp3) is 0.364. The minimum absolute atomic E-state index is 0.0481. The lowest BCUT2D eigenvalue weighted by Gasteiger charge is -2.32. The Balaban J connectivity index is 1.51. The molecule has 2 aromatic carbocycles. The molecule has 1 N–H and O–H groups in total. The van der Waals surface area contributed by atoms with Crippen molar-refractivity contribution in [3.63, 3.8) is 0 Å². The predicted molar refractivity (Wildman–Crippen MR) is 112 cm³/mol. The molecule has 1 aliphatic rings. The molecule has 0 aromatic heterocycles. The van der Waals surface area contributed by atoms with Crippen LogP contribution in [0.25, 0.3) is 0 Å². The van der Waals surface area contributed by atoms with Gasteiger partial charge in [0.2, 0.25) is 5.91 Å². The fourth-order valence-corrected chi connectivity index (χ4v) is 3.70. The van der Waals surface area contributed by atoms with E-state index < -0.39 is 0 Å². The Kier molecular flexibility index (Phi) is 6.99.